The maximum Gasteiger partial charge on any atom is 0.337 e. The molecule has 0 aromatic heterocycles. The highest BCUT2D eigenvalue weighted by Crippen LogP contribution is 2.09. The molecule has 4 heteroatoms. The van der Waals surface area contributed by atoms with Gasteiger partial charge in [0.05, 0.1) is 0 Å². The zero-order valence-corrected chi connectivity index (χ0v) is 9.12. The largest absolute Gasteiger partial charge is 0.435 e. The van der Waals surface area contributed by atoms with Crippen LogP contribution in [0.4, 0.5) is 0 Å². The second kappa shape index (κ2) is 6.56. The van der Waals surface area contributed by atoms with Gasteiger partial charge in [-0.05, 0) is 20.0 Å². The van der Waals surface area contributed by atoms with Crippen molar-refractivity contribution in [1.29, 1.82) is 0 Å². The molecular formula is C10H19NO3. The summed E-state index contributed by atoms with van der Waals surface area (Å²) in [7, 11) is 0. The second-order valence-corrected chi connectivity index (χ2v) is 2.98. The molecule has 14 heavy (non-hydrogen) atoms. The van der Waals surface area contributed by atoms with E-state index in [2.05, 4.69) is 16.2 Å². The fourth-order valence-electron chi connectivity index (χ4n) is 1.31. The van der Waals surface area contributed by atoms with Gasteiger partial charge in [0.15, 0.2) is 6.79 Å². The van der Waals surface area contributed by atoms with Gasteiger partial charge in [0.2, 0.25) is 0 Å². The lowest BCUT2D eigenvalue weighted by atomic mass is 10.1. The minimum Gasteiger partial charge on any atom is -0.435 e. The van der Waals surface area contributed by atoms with Crippen LogP contribution in [-0.4, -0.2) is 41.9 Å². The summed E-state index contributed by atoms with van der Waals surface area (Å²) in [5.41, 5.74) is 0.378. The Labute approximate surface area is 85.2 Å². The van der Waals surface area contributed by atoms with Crippen LogP contribution in [0.5, 0.6) is 0 Å². The van der Waals surface area contributed by atoms with Crippen molar-refractivity contribution in [2.45, 2.75) is 26.8 Å². The molecular weight excluding hydrogens is 182 g/mol. The summed E-state index contributed by atoms with van der Waals surface area (Å²) in [5, 5.41) is 8.42. The van der Waals surface area contributed by atoms with Crippen LogP contribution < -0.4 is 0 Å². The van der Waals surface area contributed by atoms with E-state index < -0.39 is 12.8 Å². The molecule has 0 radical (unpaired) electrons. The van der Waals surface area contributed by atoms with Gasteiger partial charge in [-0.3, -0.25) is 4.90 Å². The normalized spacial score (nSPS) is 12.6. The summed E-state index contributed by atoms with van der Waals surface area (Å²) in [6.45, 7) is 10.7. The number of rotatable bonds is 6. The van der Waals surface area contributed by atoms with Crippen LogP contribution in [-0.2, 0) is 9.53 Å². The molecule has 0 aromatic carbocycles. The van der Waals surface area contributed by atoms with Crippen molar-refractivity contribution in [3.8, 4) is 0 Å². The number of hydrogen-bond donors (Lipinski definition) is 1. The Bertz CT molecular complexity index is 200. The quantitative estimate of drug-likeness (QED) is 0.392. The summed E-state index contributed by atoms with van der Waals surface area (Å²) in [6, 6.07) is -0.0518. The Morgan fingerprint density at radius 2 is 2.00 bits per heavy atom. The highest BCUT2D eigenvalue weighted by molar-refractivity contribution is 5.88. The summed E-state index contributed by atoms with van der Waals surface area (Å²) in [5.74, 6) is -0.535. The topological polar surface area (TPSA) is 49.8 Å². The van der Waals surface area contributed by atoms with Crippen molar-refractivity contribution in [2.75, 3.05) is 19.9 Å². The van der Waals surface area contributed by atoms with Crippen LogP contribution in [0.2, 0.25) is 0 Å². The lowest BCUT2D eigenvalue weighted by Gasteiger charge is -2.26. The van der Waals surface area contributed by atoms with E-state index in [-0.39, 0.29) is 6.04 Å². The van der Waals surface area contributed by atoms with Gasteiger partial charge in [0, 0.05) is 11.6 Å². The molecule has 0 bridgehead atoms. The Morgan fingerprint density at radius 3 is 2.36 bits per heavy atom. The fraction of sp³-hybridized carbons (Fsp3) is 0.700. The first-order valence-corrected chi connectivity index (χ1v) is 4.79. The van der Waals surface area contributed by atoms with Crippen LogP contribution in [0.15, 0.2) is 12.2 Å². The Hall–Kier alpha value is -0.870. The number of carbonyl (C=O) groups is 1. The van der Waals surface area contributed by atoms with Gasteiger partial charge in [0.25, 0.3) is 0 Å². The van der Waals surface area contributed by atoms with Crippen LogP contribution >= 0.6 is 0 Å². The van der Waals surface area contributed by atoms with Gasteiger partial charge in [-0.25, -0.2) is 4.79 Å². The van der Waals surface area contributed by atoms with Gasteiger partial charge in [-0.1, -0.05) is 20.4 Å². The van der Waals surface area contributed by atoms with E-state index >= 15 is 0 Å². The number of ether oxygens (including phenoxy) is 1. The van der Waals surface area contributed by atoms with Crippen molar-refractivity contribution in [1.82, 2.24) is 4.90 Å². The number of esters is 1. The fourth-order valence-corrected chi connectivity index (χ4v) is 1.31. The van der Waals surface area contributed by atoms with Crippen molar-refractivity contribution >= 4 is 5.97 Å². The van der Waals surface area contributed by atoms with Crippen LogP contribution in [0, 0.1) is 0 Å². The molecule has 1 N–H and O–H groups in total. The first kappa shape index (κ1) is 13.1. The van der Waals surface area contributed by atoms with E-state index in [4.69, 9.17) is 5.11 Å². The van der Waals surface area contributed by atoms with Gasteiger partial charge in [-0.15, -0.1) is 0 Å². The molecule has 0 aromatic rings. The van der Waals surface area contributed by atoms with Crippen molar-refractivity contribution in [2.24, 2.45) is 0 Å². The molecule has 0 aliphatic carbocycles. The number of aliphatic hydroxyl groups is 1. The lowest BCUT2D eigenvalue weighted by Crippen LogP contribution is -2.36. The van der Waals surface area contributed by atoms with Gasteiger partial charge >= 0.3 is 5.97 Å². The molecule has 0 saturated carbocycles. The Kier molecular flexibility index (Phi) is 6.16. The number of likely N-dealkylation sites (N-methyl/N-ethyl adjacent to an activating group) is 1. The predicted octanol–water partition coefficient (Wildman–Crippen LogP) is 0.766. The van der Waals surface area contributed by atoms with E-state index in [1.54, 1.807) is 0 Å². The third kappa shape index (κ3) is 3.47. The van der Waals surface area contributed by atoms with Crippen LogP contribution in [0.3, 0.4) is 0 Å². The minimum atomic E-state index is -0.594. The molecule has 0 spiro atoms. The summed E-state index contributed by atoms with van der Waals surface area (Å²) >= 11 is 0. The smallest absolute Gasteiger partial charge is 0.337 e. The molecule has 0 aliphatic rings. The Morgan fingerprint density at radius 1 is 1.50 bits per heavy atom. The van der Waals surface area contributed by atoms with E-state index in [1.807, 2.05) is 20.8 Å². The van der Waals surface area contributed by atoms with Crippen molar-refractivity contribution < 1.29 is 14.6 Å². The third-order valence-electron chi connectivity index (χ3n) is 2.32. The number of hydrogen-bond acceptors (Lipinski definition) is 4. The average molecular weight is 201 g/mol. The lowest BCUT2D eigenvalue weighted by molar-refractivity contribution is -0.147. The molecule has 0 fully saturated rings. The number of nitrogens with zero attached hydrogens (tertiary/aromatic N) is 1. The monoisotopic (exact) mass is 201 g/mol. The molecule has 82 valence electrons. The second-order valence-electron chi connectivity index (χ2n) is 2.98. The molecule has 0 saturated heterocycles. The molecule has 4 nitrogen and oxygen atoms in total. The first-order chi connectivity index (χ1) is 6.58. The van der Waals surface area contributed by atoms with Gasteiger partial charge in [-0.2, -0.15) is 0 Å². The summed E-state index contributed by atoms with van der Waals surface area (Å²) in [6.07, 6.45) is 0. The van der Waals surface area contributed by atoms with Crippen LogP contribution in [0.1, 0.15) is 20.8 Å². The van der Waals surface area contributed by atoms with E-state index in [9.17, 15) is 4.79 Å². The predicted molar refractivity (Wildman–Crippen MR) is 54.7 cm³/mol. The standard InChI is InChI=1S/C10H19NO3/c1-5-11(6-2)9(4)8(3)10(13)14-7-12/h9,12H,3,5-7H2,1-2,4H3. The molecule has 1 atom stereocenters. The maximum atomic E-state index is 11.2. The average Bonchev–Trinajstić information content (AvgIpc) is 2.18. The van der Waals surface area contributed by atoms with Gasteiger partial charge < -0.3 is 9.84 Å². The van der Waals surface area contributed by atoms with E-state index in [0.29, 0.717) is 5.57 Å². The highest BCUT2D eigenvalue weighted by atomic mass is 16.6. The molecule has 0 rings (SSSR count). The molecule has 1 unspecified atom stereocenters. The minimum absolute atomic E-state index is 0.0518. The highest BCUT2D eigenvalue weighted by Gasteiger charge is 2.19. The molecule has 0 heterocycles. The van der Waals surface area contributed by atoms with Crippen molar-refractivity contribution in [3.05, 3.63) is 12.2 Å². The maximum absolute atomic E-state index is 11.2. The zero-order valence-electron chi connectivity index (χ0n) is 9.12. The summed E-state index contributed by atoms with van der Waals surface area (Å²) in [4.78, 5) is 13.3. The van der Waals surface area contributed by atoms with Crippen LogP contribution in [0.25, 0.3) is 0 Å². The Balaban J connectivity index is 4.29. The van der Waals surface area contributed by atoms with Gasteiger partial charge in [0.1, 0.15) is 0 Å². The number of aliphatic hydroxyl groups excluding tert-OH is 1. The molecule has 0 aliphatic heterocycles. The first-order valence-electron chi connectivity index (χ1n) is 4.79. The number of carbonyl (C=O) groups excluding carboxylic acids is 1. The SMILES string of the molecule is C=C(C(=O)OCO)C(C)N(CC)CC. The van der Waals surface area contributed by atoms with E-state index in [0.717, 1.165) is 13.1 Å². The zero-order chi connectivity index (χ0) is 11.1. The molecule has 0 amide bonds. The van der Waals surface area contributed by atoms with E-state index in [1.165, 1.54) is 0 Å². The van der Waals surface area contributed by atoms with Crippen molar-refractivity contribution in [3.63, 3.8) is 0 Å². The third-order valence-corrected chi connectivity index (χ3v) is 2.32. The summed E-state index contributed by atoms with van der Waals surface area (Å²) < 4.78 is 4.45.